The summed E-state index contributed by atoms with van der Waals surface area (Å²) in [7, 11) is 0. The summed E-state index contributed by atoms with van der Waals surface area (Å²) in [6.45, 7) is 5.75. The number of hydrogen-bond donors (Lipinski definition) is 2. The standard InChI is InChI=1S/C25H30IN3O2/c1-18-6-2-3-12-28(18)13-5-11-27-24(30)20-9-10-21-17-29(25(31)23(21)15-20)16-19-7-4-8-22(26)14-19/h4,7-10,14-15,17-18,31H,2-3,5-6,11-13,16H2,1H3,(H,27,30). The van der Waals surface area contributed by atoms with Crippen molar-refractivity contribution in [1.29, 1.82) is 0 Å². The van der Waals surface area contributed by atoms with Crippen LogP contribution in [0.5, 0.6) is 5.88 Å². The number of piperidine rings is 1. The van der Waals surface area contributed by atoms with Crippen LogP contribution >= 0.6 is 22.6 Å². The Labute approximate surface area is 197 Å². The normalized spacial score (nSPS) is 17.2. The molecule has 0 spiro atoms. The van der Waals surface area contributed by atoms with Crippen molar-refractivity contribution < 1.29 is 9.90 Å². The van der Waals surface area contributed by atoms with Crippen LogP contribution in [0.1, 0.15) is 48.5 Å². The fourth-order valence-electron chi connectivity index (χ4n) is 4.42. The van der Waals surface area contributed by atoms with Crippen LogP contribution in [0, 0.1) is 3.57 Å². The summed E-state index contributed by atoms with van der Waals surface area (Å²) in [5.74, 6) is 0.112. The highest BCUT2D eigenvalue weighted by Gasteiger charge is 2.17. The van der Waals surface area contributed by atoms with Crippen LogP contribution in [0.3, 0.4) is 0 Å². The minimum absolute atomic E-state index is 0.0849. The smallest absolute Gasteiger partial charge is 0.251 e. The molecule has 0 bridgehead atoms. The van der Waals surface area contributed by atoms with Crippen molar-refractivity contribution in [2.75, 3.05) is 19.6 Å². The van der Waals surface area contributed by atoms with Gasteiger partial charge in [-0.1, -0.05) is 24.6 Å². The highest BCUT2D eigenvalue weighted by atomic mass is 127. The lowest BCUT2D eigenvalue weighted by atomic mass is 10.0. The summed E-state index contributed by atoms with van der Waals surface area (Å²) in [4.78, 5) is 15.2. The van der Waals surface area contributed by atoms with E-state index >= 15 is 0 Å². The molecule has 5 nitrogen and oxygen atoms in total. The zero-order valence-corrected chi connectivity index (χ0v) is 20.1. The van der Waals surface area contributed by atoms with E-state index in [1.807, 2.05) is 35.0 Å². The first-order valence-corrected chi connectivity index (χ1v) is 12.2. The molecule has 1 aromatic heterocycles. The fourth-order valence-corrected chi connectivity index (χ4v) is 5.02. The Morgan fingerprint density at radius 3 is 2.90 bits per heavy atom. The van der Waals surface area contributed by atoms with E-state index in [2.05, 4.69) is 51.9 Å². The Balaban J connectivity index is 1.37. The molecular weight excluding hydrogens is 501 g/mol. The van der Waals surface area contributed by atoms with Crippen LogP contribution in [-0.2, 0) is 6.54 Å². The molecule has 1 aliphatic heterocycles. The number of amides is 1. The Kier molecular flexibility index (Phi) is 7.17. The van der Waals surface area contributed by atoms with Crippen molar-refractivity contribution in [3.8, 4) is 5.88 Å². The molecule has 0 radical (unpaired) electrons. The summed E-state index contributed by atoms with van der Waals surface area (Å²) >= 11 is 2.29. The Hall–Kier alpha value is -2.06. The summed E-state index contributed by atoms with van der Waals surface area (Å²) in [5.41, 5.74) is 1.71. The molecule has 4 rings (SSSR count). The number of halogens is 1. The Morgan fingerprint density at radius 1 is 1.23 bits per heavy atom. The number of nitrogens with zero attached hydrogens (tertiary/aromatic N) is 2. The van der Waals surface area contributed by atoms with Crippen molar-refractivity contribution in [1.82, 2.24) is 14.8 Å². The van der Waals surface area contributed by atoms with E-state index in [1.165, 1.54) is 29.4 Å². The number of benzene rings is 2. The number of rotatable bonds is 7. The molecule has 1 saturated heterocycles. The van der Waals surface area contributed by atoms with Gasteiger partial charge < -0.3 is 19.9 Å². The highest BCUT2D eigenvalue weighted by Crippen LogP contribution is 2.29. The van der Waals surface area contributed by atoms with E-state index in [4.69, 9.17) is 0 Å². The first-order valence-electron chi connectivity index (χ1n) is 11.1. The molecule has 0 saturated carbocycles. The third-order valence-electron chi connectivity index (χ3n) is 6.21. The number of carbonyl (C=O) groups excluding carboxylic acids is 1. The second kappa shape index (κ2) is 10.0. The fraction of sp³-hybridized carbons (Fsp3) is 0.400. The van der Waals surface area contributed by atoms with Gasteiger partial charge in [-0.15, -0.1) is 0 Å². The van der Waals surface area contributed by atoms with Gasteiger partial charge in [0.1, 0.15) is 0 Å². The molecule has 2 heterocycles. The average Bonchev–Trinajstić information content (AvgIpc) is 3.07. The van der Waals surface area contributed by atoms with E-state index in [1.54, 1.807) is 6.07 Å². The zero-order valence-electron chi connectivity index (χ0n) is 18.0. The Bertz CT molecular complexity index is 1060. The zero-order chi connectivity index (χ0) is 21.8. The number of likely N-dealkylation sites (tertiary alicyclic amines) is 1. The second-order valence-corrected chi connectivity index (χ2v) is 9.75. The van der Waals surface area contributed by atoms with Crippen molar-refractivity contribution in [2.45, 2.75) is 45.2 Å². The number of fused-ring (bicyclic) bond motifs is 1. The van der Waals surface area contributed by atoms with Crippen molar-refractivity contribution in [3.05, 3.63) is 63.4 Å². The molecule has 1 atom stereocenters. The highest BCUT2D eigenvalue weighted by molar-refractivity contribution is 14.1. The van der Waals surface area contributed by atoms with E-state index < -0.39 is 0 Å². The summed E-state index contributed by atoms with van der Waals surface area (Å²) in [6, 6.07) is 14.4. The molecular formula is C25H30IN3O2. The largest absolute Gasteiger partial charge is 0.494 e. The van der Waals surface area contributed by atoms with Crippen LogP contribution < -0.4 is 5.32 Å². The third kappa shape index (κ3) is 5.41. The molecule has 1 aliphatic rings. The molecule has 1 unspecified atom stereocenters. The maximum absolute atomic E-state index is 12.6. The second-order valence-electron chi connectivity index (χ2n) is 8.50. The molecule has 3 aromatic rings. The monoisotopic (exact) mass is 531 g/mol. The Morgan fingerprint density at radius 2 is 2.10 bits per heavy atom. The van der Waals surface area contributed by atoms with Gasteiger partial charge in [-0.3, -0.25) is 4.79 Å². The van der Waals surface area contributed by atoms with Crippen LogP contribution in [0.25, 0.3) is 10.8 Å². The number of nitrogens with one attached hydrogen (secondary N) is 1. The van der Waals surface area contributed by atoms with Gasteiger partial charge in [0.25, 0.3) is 5.91 Å². The van der Waals surface area contributed by atoms with E-state index in [9.17, 15) is 9.90 Å². The van der Waals surface area contributed by atoms with Gasteiger partial charge in [-0.25, -0.2) is 0 Å². The van der Waals surface area contributed by atoms with Crippen molar-refractivity contribution in [2.24, 2.45) is 0 Å². The van der Waals surface area contributed by atoms with Crippen LogP contribution in [0.2, 0.25) is 0 Å². The predicted molar refractivity (Wildman–Crippen MR) is 134 cm³/mol. The molecule has 2 N–H and O–H groups in total. The van der Waals surface area contributed by atoms with Gasteiger partial charge in [0.05, 0.1) is 6.54 Å². The third-order valence-corrected chi connectivity index (χ3v) is 6.88. The quantitative estimate of drug-likeness (QED) is 0.334. The minimum atomic E-state index is -0.0849. The lowest BCUT2D eigenvalue weighted by molar-refractivity contribution is 0.0949. The lowest BCUT2D eigenvalue weighted by Gasteiger charge is -2.33. The van der Waals surface area contributed by atoms with Crippen LogP contribution in [0.15, 0.2) is 48.7 Å². The molecule has 1 amide bonds. The van der Waals surface area contributed by atoms with Gasteiger partial charge >= 0.3 is 0 Å². The molecule has 31 heavy (non-hydrogen) atoms. The maximum Gasteiger partial charge on any atom is 0.251 e. The summed E-state index contributed by atoms with van der Waals surface area (Å²) in [6.07, 6.45) is 6.78. The summed E-state index contributed by atoms with van der Waals surface area (Å²) in [5, 5.41) is 15.4. The van der Waals surface area contributed by atoms with Crippen LogP contribution in [-0.4, -0.2) is 46.2 Å². The number of hydrogen-bond acceptors (Lipinski definition) is 3. The van der Waals surface area contributed by atoms with Crippen molar-refractivity contribution in [3.63, 3.8) is 0 Å². The van der Waals surface area contributed by atoms with Gasteiger partial charge in [0, 0.05) is 45.2 Å². The van der Waals surface area contributed by atoms with E-state index in [0.29, 0.717) is 30.1 Å². The van der Waals surface area contributed by atoms with Gasteiger partial charge in [-0.2, -0.15) is 0 Å². The number of carbonyl (C=O) groups is 1. The minimum Gasteiger partial charge on any atom is -0.494 e. The predicted octanol–water partition coefficient (Wildman–Crippen LogP) is 4.99. The molecule has 0 aliphatic carbocycles. The summed E-state index contributed by atoms with van der Waals surface area (Å²) < 4.78 is 3.00. The number of aromatic hydroxyl groups is 1. The molecule has 1 fully saturated rings. The SMILES string of the molecule is CC1CCCCN1CCCNC(=O)c1ccc2cn(Cc3cccc(I)c3)c(O)c2c1. The van der Waals surface area contributed by atoms with Gasteiger partial charge in [-0.05, 0) is 85.2 Å². The van der Waals surface area contributed by atoms with Gasteiger partial charge in [0.15, 0.2) is 5.88 Å². The molecule has 164 valence electrons. The average molecular weight is 531 g/mol. The van der Waals surface area contributed by atoms with E-state index in [-0.39, 0.29) is 11.8 Å². The first-order chi connectivity index (χ1) is 15.0. The van der Waals surface area contributed by atoms with Crippen molar-refractivity contribution >= 4 is 39.3 Å². The molecule has 2 aromatic carbocycles. The number of aromatic nitrogens is 1. The van der Waals surface area contributed by atoms with Crippen LogP contribution in [0.4, 0.5) is 0 Å². The topological polar surface area (TPSA) is 57.5 Å². The molecule has 6 heteroatoms. The first kappa shape index (κ1) is 22.1. The maximum atomic E-state index is 12.6. The lowest BCUT2D eigenvalue weighted by Crippen LogP contribution is -2.39. The van der Waals surface area contributed by atoms with Gasteiger partial charge in [0.2, 0.25) is 0 Å². The van der Waals surface area contributed by atoms with E-state index in [0.717, 1.165) is 23.9 Å².